The van der Waals surface area contributed by atoms with Crippen molar-refractivity contribution in [1.82, 2.24) is 0 Å². The molecule has 0 unspecified atom stereocenters. The summed E-state index contributed by atoms with van der Waals surface area (Å²) < 4.78 is 10.3. The van der Waals surface area contributed by atoms with Gasteiger partial charge in [0.05, 0.1) is 6.26 Å². The van der Waals surface area contributed by atoms with Crippen LogP contribution >= 0.6 is 0 Å². The number of ketones is 1. The van der Waals surface area contributed by atoms with E-state index in [0.29, 0.717) is 11.3 Å². The Bertz CT molecular complexity index is 599. The molecule has 0 fully saturated rings. The van der Waals surface area contributed by atoms with Crippen LogP contribution in [-0.4, -0.2) is 12.4 Å². The first-order chi connectivity index (χ1) is 8.68. The highest BCUT2D eigenvalue weighted by atomic mass is 16.5. The molecule has 1 aromatic carbocycles. The zero-order valence-corrected chi connectivity index (χ0v) is 9.88. The van der Waals surface area contributed by atoms with Crippen molar-refractivity contribution in [3.63, 3.8) is 0 Å². The predicted octanol–water partition coefficient (Wildman–Crippen LogP) is 2.21. The number of aryl methyl sites for hydroxylation is 1. The van der Waals surface area contributed by atoms with E-state index in [1.54, 1.807) is 31.2 Å². The van der Waals surface area contributed by atoms with Gasteiger partial charge in [0.1, 0.15) is 5.76 Å². The zero-order chi connectivity index (χ0) is 13.0. The van der Waals surface area contributed by atoms with Gasteiger partial charge in [0.15, 0.2) is 12.4 Å². The summed E-state index contributed by atoms with van der Waals surface area (Å²) in [6.45, 7) is 1.43. The molecule has 4 nitrogen and oxygen atoms in total. The van der Waals surface area contributed by atoms with Gasteiger partial charge in [-0.25, -0.2) is 0 Å². The van der Waals surface area contributed by atoms with Crippen LogP contribution in [0.4, 0.5) is 0 Å². The van der Waals surface area contributed by atoms with Gasteiger partial charge in [-0.1, -0.05) is 30.3 Å². The average molecular weight is 244 g/mol. The van der Waals surface area contributed by atoms with Crippen LogP contribution in [0.2, 0.25) is 0 Å². The second-order valence-corrected chi connectivity index (χ2v) is 3.75. The minimum atomic E-state index is -0.292. The Balaban J connectivity index is 2.09. The van der Waals surface area contributed by atoms with Crippen LogP contribution in [-0.2, 0) is 0 Å². The number of hydrogen-bond acceptors (Lipinski definition) is 4. The van der Waals surface area contributed by atoms with Gasteiger partial charge in [0, 0.05) is 11.6 Å². The van der Waals surface area contributed by atoms with Gasteiger partial charge in [-0.2, -0.15) is 0 Å². The Labute approximate surface area is 104 Å². The van der Waals surface area contributed by atoms with Crippen molar-refractivity contribution in [3.8, 4) is 5.75 Å². The van der Waals surface area contributed by atoms with Crippen molar-refractivity contribution in [2.24, 2.45) is 0 Å². The molecule has 92 valence electrons. The number of hydrogen-bond donors (Lipinski definition) is 0. The van der Waals surface area contributed by atoms with E-state index in [0.717, 1.165) is 0 Å². The molecule has 2 rings (SSSR count). The quantitative estimate of drug-likeness (QED) is 0.774. The zero-order valence-electron chi connectivity index (χ0n) is 9.88. The molecular formula is C14H12O4. The summed E-state index contributed by atoms with van der Waals surface area (Å²) in [5.74, 6) is 0.267. The molecule has 0 saturated carbocycles. The molecule has 0 aliphatic heterocycles. The number of ether oxygens (including phenoxy) is 1. The SMILES string of the molecule is Cc1occc(=O)c1OCC(=O)c1ccccc1. The standard InChI is InChI=1S/C14H12O4/c1-10-14(12(15)7-8-17-10)18-9-13(16)11-5-3-2-4-6-11/h2-8H,9H2,1H3. The average Bonchev–Trinajstić information content (AvgIpc) is 2.39. The van der Waals surface area contributed by atoms with E-state index >= 15 is 0 Å². The van der Waals surface area contributed by atoms with E-state index in [4.69, 9.17) is 9.15 Å². The molecule has 2 aromatic rings. The highest BCUT2D eigenvalue weighted by molar-refractivity contribution is 5.97. The molecule has 0 N–H and O–H groups in total. The maximum absolute atomic E-state index is 11.8. The van der Waals surface area contributed by atoms with Crippen LogP contribution in [0.3, 0.4) is 0 Å². The van der Waals surface area contributed by atoms with Crippen molar-refractivity contribution in [1.29, 1.82) is 0 Å². The van der Waals surface area contributed by atoms with Gasteiger partial charge in [-0.15, -0.1) is 0 Å². The smallest absolute Gasteiger partial charge is 0.227 e. The van der Waals surface area contributed by atoms with Gasteiger partial charge in [0.2, 0.25) is 11.2 Å². The van der Waals surface area contributed by atoms with Crippen molar-refractivity contribution < 1.29 is 13.9 Å². The summed E-state index contributed by atoms with van der Waals surface area (Å²) in [4.78, 5) is 23.3. The Morgan fingerprint density at radius 2 is 1.94 bits per heavy atom. The third-order valence-electron chi connectivity index (χ3n) is 2.45. The molecule has 18 heavy (non-hydrogen) atoms. The minimum absolute atomic E-state index is 0.0850. The Morgan fingerprint density at radius 1 is 1.22 bits per heavy atom. The lowest BCUT2D eigenvalue weighted by Gasteiger charge is -2.06. The van der Waals surface area contributed by atoms with Crippen LogP contribution in [0.25, 0.3) is 0 Å². The van der Waals surface area contributed by atoms with E-state index in [1.165, 1.54) is 12.3 Å². The predicted molar refractivity (Wildman–Crippen MR) is 66.0 cm³/mol. The molecule has 0 aliphatic carbocycles. The molecule has 0 spiro atoms. The van der Waals surface area contributed by atoms with Gasteiger partial charge in [-0.05, 0) is 6.92 Å². The van der Waals surface area contributed by atoms with Crippen LogP contribution in [0.1, 0.15) is 16.1 Å². The molecule has 1 heterocycles. The highest BCUT2D eigenvalue weighted by Crippen LogP contribution is 2.11. The molecule has 0 bridgehead atoms. The molecule has 1 aromatic heterocycles. The fourth-order valence-corrected chi connectivity index (χ4v) is 1.52. The Morgan fingerprint density at radius 3 is 2.61 bits per heavy atom. The lowest BCUT2D eigenvalue weighted by Crippen LogP contribution is -2.16. The van der Waals surface area contributed by atoms with Gasteiger partial charge in [0.25, 0.3) is 0 Å². The van der Waals surface area contributed by atoms with Gasteiger partial charge < -0.3 is 9.15 Å². The van der Waals surface area contributed by atoms with E-state index < -0.39 is 0 Å². The monoisotopic (exact) mass is 244 g/mol. The van der Waals surface area contributed by atoms with Crippen molar-refractivity contribution in [2.45, 2.75) is 6.92 Å². The lowest BCUT2D eigenvalue weighted by atomic mass is 10.1. The molecule has 0 aliphatic rings. The normalized spacial score (nSPS) is 10.1. The maximum Gasteiger partial charge on any atom is 0.227 e. The van der Waals surface area contributed by atoms with Crippen LogP contribution in [0.15, 0.2) is 51.9 Å². The summed E-state index contributed by atoms with van der Waals surface area (Å²) in [5, 5.41) is 0. The molecular weight excluding hydrogens is 232 g/mol. The largest absolute Gasteiger partial charge is 0.478 e. The maximum atomic E-state index is 11.8. The third kappa shape index (κ3) is 2.66. The highest BCUT2D eigenvalue weighted by Gasteiger charge is 2.10. The molecule has 0 saturated heterocycles. The van der Waals surface area contributed by atoms with Crippen LogP contribution in [0, 0.1) is 6.92 Å². The van der Waals surface area contributed by atoms with Crippen molar-refractivity contribution in [3.05, 3.63) is 64.2 Å². The second kappa shape index (κ2) is 5.31. The fourth-order valence-electron chi connectivity index (χ4n) is 1.52. The minimum Gasteiger partial charge on any atom is -0.478 e. The molecule has 0 amide bonds. The van der Waals surface area contributed by atoms with E-state index in [1.807, 2.05) is 6.07 Å². The summed E-state index contributed by atoms with van der Waals surface area (Å²) >= 11 is 0. The van der Waals surface area contributed by atoms with E-state index in [-0.39, 0.29) is 23.6 Å². The fraction of sp³-hybridized carbons (Fsp3) is 0.143. The summed E-state index contributed by atoms with van der Waals surface area (Å²) in [6, 6.07) is 10.0. The first-order valence-corrected chi connectivity index (χ1v) is 5.48. The Hall–Kier alpha value is -2.36. The van der Waals surface area contributed by atoms with E-state index in [9.17, 15) is 9.59 Å². The first-order valence-electron chi connectivity index (χ1n) is 5.48. The second-order valence-electron chi connectivity index (χ2n) is 3.75. The van der Waals surface area contributed by atoms with Crippen LogP contribution in [0.5, 0.6) is 5.75 Å². The first kappa shape index (κ1) is 12.1. The topological polar surface area (TPSA) is 56.5 Å². The summed E-state index contributed by atoms with van der Waals surface area (Å²) in [6.07, 6.45) is 1.30. The molecule has 0 radical (unpaired) electrons. The van der Waals surface area contributed by atoms with Gasteiger partial charge in [-0.3, -0.25) is 9.59 Å². The number of rotatable bonds is 4. The Kier molecular flexibility index (Phi) is 3.57. The lowest BCUT2D eigenvalue weighted by molar-refractivity contribution is 0.0918. The number of Topliss-reactive ketones (excluding diaryl/α,β-unsaturated/α-hetero) is 1. The molecule has 4 heteroatoms. The number of carbonyl (C=O) groups is 1. The van der Waals surface area contributed by atoms with Crippen molar-refractivity contribution >= 4 is 5.78 Å². The van der Waals surface area contributed by atoms with Crippen LogP contribution < -0.4 is 10.2 Å². The molecule has 0 atom stereocenters. The summed E-state index contributed by atoms with van der Waals surface area (Å²) in [5.41, 5.74) is 0.259. The third-order valence-corrected chi connectivity index (χ3v) is 2.45. The number of carbonyl (C=O) groups excluding carboxylic acids is 1. The van der Waals surface area contributed by atoms with Crippen molar-refractivity contribution in [2.75, 3.05) is 6.61 Å². The summed E-state index contributed by atoms with van der Waals surface area (Å²) in [7, 11) is 0. The number of benzene rings is 1. The van der Waals surface area contributed by atoms with E-state index in [2.05, 4.69) is 0 Å². The van der Waals surface area contributed by atoms with Gasteiger partial charge >= 0.3 is 0 Å².